The first-order valence-electron chi connectivity index (χ1n) is 10.5. The van der Waals surface area contributed by atoms with Crippen molar-refractivity contribution in [1.82, 2.24) is 0 Å². The largest absolute Gasteiger partial charge is 0.505 e. The Morgan fingerprint density at radius 2 is 1.53 bits per heavy atom. The number of hydrogen-bond donors (Lipinski definition) is 3. The first-order valence-corrected chi connectivity index (χ1v) is 10.5. The molecule has 0 aromatic heterocycles. The molecule has 1 heterocycles. The fraction of sp³-hybridized carbons (Fsp3) is 0. The number of hydrogen-bond acceptors (Lipinski definition) is 5. The van der Waals surface area contributed by atoms with Crippen molar-refractivity contribution in [2.75, 3.05) is 10.3 Å². The van der Waals surface area contributed by atoms with E-state index in [2.05, 4.69) is 10.5 Å². The molecule has 0 fully saturated rings. The highest BCUT2D eigenvalue weighted by molar-refractivity contribution is 6.55. The van der Waals surface area contributed by atoms with Gasteiger partial charge < -0.3 is 10.2 Å². The molecular weight excluding hydrogens is 430 g/mol. The lowest BCUT2D eigenvalue weighted by Crippen LogP contribution is -2.26. The topological polar surface area (TPSA) is 102 Å². The Labute approximate surface area is 195 Å². The SMILES string of the molecule is O=C(O)c1cccc(-c2cccc(NN=C3C(=O)N(c4ccccc4)c4ccccc43)c2O)c1. The van der Waals surface area contributed by atoms with Crippen LogP contribution in [0.5, 0.6) is 5.75 Å². The van der Waals surface area contributed by atoms with Gasteiger partial charge in [-0.15, -0.1) is 0 Å². The summed E-state index contributed by atoms with van der Waals surface area (Å²) >= 11 is 0. The lowest BCUT2D eigenvalue weighted by molar-refractivity contribution is -0.111. The van der Waals surface area contributed by atoms with Gasteiger partial charge in [0.05, 0.1) is 16.9 Å². The van der Waals surface area contributed by atoms with E-state index in [9.17, 15) is 19.8 Å². The molecule has 4 aromatic carbocycles. The maximum Gasteiger partial charge on any atom is 0.335 e. The highest BCUT2D eigenvalue weighted by Gasteiger charge is 2.35. The van der Waals surface area contributed by atoms with Gasteiger partial charge in [-0.2, -0.15) is 5.10 Å². The number of amides is 1. The van der Waals surface area contributed by atoms with Crippen LogP contribution in [0.4, 0.5) is 17.1 Å². The molecule has 5 rings (SSSR count). The number of nitrogens with one attached hydrogen (secondary N) is 1. The average Bonchev–Trinajstić information content (AvgIpc) is 3.15. The molecule has 34 heavy (non-hydrogen) atoms. The molecule has 0 saturated carbocycles. The normalized spacial score (nSPS) is 13.7. The minimum atomic E-state index is -1.05. The molecule has 1 aliphatic heterocycles. The zero-order valence-corrected chi connectivity index (χ0v) is 17.8. The molecule has 166 valence electrons. The van der Waals surface area contributed by atoms with E-state index in [-0.39, 0.29) is 28.6 Å². The van der Waals surface area contributed by atoms with E-state index < -0.39 is 5.97 Å². The summed E-state index contributed by atoms with van der Waals surface area (Å²) in [5, 5.41) is 24.5. The second-order valence-electron chi connectivity index (χ2n) is 7.65. The van der Waals surface area contributed by atoms with Crippen LogP contribution >= 0.6 is 0 Å². The number of para-hydroxylation sites is 3. The molecule has 0 radical (unpaired) electrons. The van der Waals surface area contributed by atoms with Gasteiger partial charge in [-0.05, 0) is 42.0 Å². The second-order valence-corrected chi connectivity index (χ2v) is 7.65. The maximum atomic E-state index is 13.3. The van der Waals surface area contributed by atoms with Crippen molar-refractivity contribution in [3.63, 3.8) is 0 Å². The van der Waals surface area contributed by atoms with Crippen molar-refractivity contribution < 1.29 is 19.8 Å². The monoisotopic (exact) mass is 449 g/mol. The molecule has 7 nitrogen and oxygen atoms in total. The number of carboxylic acid groups (broad SMARTS) is 1. The van der Waals surface area contributed by atoms with Gasteiger partial charge in [-0.1, -0.05) is 60.7 Å². The van der Waals surface area contributed by atoms with Crippen molar-refractivity contribution in [1.29, 1.82) is 0 Å². The number of aromatic carboxylic acids is 1. The van der Waals surface area contributed by atoms with Crippen molar-refractivity contribution in [2.24, 2.45) is 5.10 Å². The molecule has 0 bridgehead atoms. The molecule has 0 saturated heterocycles. The Morgan fingerprint density at radius 3 is 2.32 bits per heavy atom. The van der Waals surface area contributed by atoms with Gasteiger partial charge in [0.15, 0.2) is 5.71 Å². The van der Waals surface area contributed by atoms with E-state index in [1.165, 1.54) is 12.1 Å². The zero-order valence-electron chi connectivity index (χ0n) is 17.8. The molecule has 7 heteroatoms. The smallest absolute Gasteiger partial charge is 0.335 e. The highest BCUT2D eigenvalue weighted by Crippen LogP contribution is 2.38. The minimum absolute atomic E-state index is 0.104. The predicted molar refractivity (Wildman–Crippen MR) is 131 cm³/mol. The highest BCUT2D eigenvalue weighted by atomic mass is 16.4. The number of aromatic hydroxyl groups is 1. The van der Waals surface area contributed by atoms with Crippen LogP contribution in [0.15, 0.2) is 102 Å². The maximum absolute atomic E-state index is 13.3. The van der Waals surface area contributed by atoms with Crippen LogP contribution in [0.3, 0.4) is 0 Å². The van der Waals surface area contributed by atoms with Crippen molar-refractivity contribution in [3.05, 3.63) is 108 Å². The summed E-state index contributed by atoms with van der Waals surface area (Å²) in [6.45, 7) is 0. The number of carbonyl (C=O) groups is 2. The van der Waals surface area contributed by atoms with Crippen LogP contribution in [0.25, 0.3) is 11.1 Å². The number of anilines is 3. The van der Waals surface area contributed by atoms with Crippen LogP contribution in [0.2, 0.25) is 0 Å². The van der Waals surface area contributed by atoms with Gasteiger partial charge in [-0.3, -0.25) is 15.1 Å². The van der Waals surface area contributed by atoms with Crippen LogP contribution in [0.1, 0.15) is 15.9 Å². The van der Waals surface area contributed by atoms with Crippen molar-refractivity contribution in [3.8, 4) is 16.9 Å². The molecule has 0 spiro atoms. The Hall–Kier alpha value is -4.91. The van der Waals surface area contributed by atoms with Crippen LogP contribution < -0.4 is 10.3 Å². The molecule has 0 atom stereocenters. The van der Waals surface area contributed by atoms with Gasteiger partial charge >= 0.3 is 5.97 Å². The van der Waals surface area contributed by atoms with Gasteiger partial charge in [0.1, 0.15) is 5.75 Å². The quantitative estimate of drug-likeness (QED) is 0.285. The molecule has 1 aliphatic rings. The third kappa shape index (κ3) is 3.65. The molecule has 3 N–H and O–H groups in total. The van der Waals surface area contributed by atoms with Gasteiger partial charge in [0.25, 0.3) is 5.91 Å². The first-order chi connectivity index (χ1) is 16.5. The summed E-state index contributed by atoms with van der Waals surface area (Å²) in [7, 11) is 0. The zero-order chi connectivity index (χ0) is 23.7. The molecule has 1 amide bonds. The summed E-state index contributed by atoms with van der Waals surface area (Å²) in [6.07, 6.45) is 0. The summed E-state index contributed by atoms with van der Waals surface area (Å²) < 4.78 is 0. The number of nitrogens with zero attached hydrogens (tertiary/aromatic N) is 2. The number of phenolic OH excluding ortho intramolecular Hbond substituents is 1. The van der Waals surface area contributed by atoms with Gasteiger partial charge in [-0.25, -0.2) is 4.79 Å². The number of phenols is 1. The number of benzene rings is 4. The van der Waals surface area contributed by atoms with E-state index in [0.29, 0.717) is 16.7 Å². The Balaban J connectivity index is 1.50. The minimum Gasteiger partial charge on any atom is -0.505 e. The van der Waals surface area contributed by atoms with E-state index in [4.69, 9.17) is 0 Å². The molecule has 0 unspecified atom stereocenters. The number of carboxylic acids is 1. The molecule has 0 aliphatic carbocycles. The van der Waals surface area contributed by atoms with Gasteiger partial charge in [0.2, 0.25) is 0 Å². The fourth-order valence-corrected chi connectivity index (χ4v) is 3.94. The van der Waals surface area contributed by atoms with E-state index in [0.717, 1.165) is 11.4 Å². The predicted octanol–water partition coefficient (Wildman–Crippen LogP) is 5.25. The van der Waals surface area contributed by atoms with Crippen LogP contribution in [-0.4, -0.2) is 27.8 Å². The molecule has 4 aromatic rings. The van der Waals surface area contributed by atoms with Crippen LogP contribution in [-0.2, 0) is 4.79 Å². The Bertz CT molecular complexity index is 1450. The average molecular weight is 449 g/mol. The summed E-state index contributed by atoms with van der Waals surface area (Å²) in [6, 6.07) is 28.0. The van der Waals surface area contributed by atoms with Crippen LogP contribution in [0, 0.1) is 0 Å². The van der Waals surface area contributed by atoms with E-state index >= 15 is 0 Å². The summed E-state index contributed by atoms with van der Waals surface area (Å²) in [4.78, 5) is 26.2. The van der Waals surface area contributed by atoms with Gasteiger partial charge in [0, 0.05) is 16.8 Å². The lowest BCUT2D eigenvalue weighted by atomic mass is 10.0. The third-order valence-corrected chi connectivity index (χ3v) is 5.56. The number of hydrazone groups is 1. The van der Waals surface area contributed by atoms with Crippen molar-refractivity contribution >= 4 is 34.7 Å². The fourth-order valence-electron chi connectivity index (χ4n) is 3.94. The van der Waals surface area contributed by atoms with E-state index in [1.54, 1.807) is 35.2 Å². The summed E-state index contributed by atoms with van der Waals surface area (Å²) in [5.74, 6) is -1.44. The number of fused-ring (bicyclic) bond motifs is 1. The van der Waals surface area contributed by atoms with Crippen molar-refractivity contribution in [2.45, 2.75) is 0 Å². The lowest BCUT2D eigenvalue weighted by Gasteiger charge is -2.16. The Morgan fingerprint density at radius 1 is 0.824 bits per heavy atom. The van der Waals surface area contributed by atoms with E-state index in [1.807, 2.05) is 54.6 Å². The second kappa shape index (κ2) is 8.55. The summed E-state index contributed by atoms with van der Waals surface area (Å²) in [5.41, 5.74) is 6.56. The third-order valence-electron chi connectivity index (χ3n) is 5.56. The number of carbonyl (C=O) groups excluding carboxylic acids is 1. The molecular formula is C27H19N3O4. The number of rotatable bonds is 5. The first kappa shape index (κ1) is 21.0. The standard InChI is InChI=1S/C27H19N3O4/c31-25-20(17-8-6-9-18(16-17)27(33)34)13-7-14-22(25)28-29-24-21-12-4-5-15-23(21)30(26(24)32)19-10-2-1-3-11-19/h1-16,28,31H,(H,33,34). The Kier molecular flexibility index (Phi) is 5.27.